The molecule has 0 radical (unpaired) electrons. The van der Waals surface area contributed by atoms with Crippen LogP contribution in [0, 0.1) is 5.92 Å². The number of carbonyl (C=O) groups is 4. The lowest BCUT2D eigenvalue weighted by atomic mass is 9.87. The Bertz CT molecular complexity index is 1380. The van der Waals surface area contributed by atoms with Gasteiger partial charge in [-0.2, -0.15) is 0 Å². The van der Waals surface area contributed by atoms with Gasteiger partial charge in [0, 0.05) is 37.0 Å². The van der Waals surface area contributed by atoms with Gasteiger partial charge in [0.15, 0.2) is 6.61 Å². The zero-order valence-electron chi connectivity index (χ0n) is 23.0. The Morgan fingerprint density at radius 1 is 0.850 bits per heavy atom. The molecule has 1 aliphatic rings. The molecule has 40 heavy (non-hydrogen) atoms. The summed E-state index contributed by atoms with van der Waals surface area (Å²) in [5.41, 5.74) is 3.01. The molecule has 3 amide bonds. The highest BCUT2D eigenvalue weighted by Crippen LogP contribution is 2.30. The molecule has 0 aromatic heterocycles. The molecule has 2 N–H and O–H groups in total. The molecule has 3 aromatic carbocycles. The lowest BCUT2D eigenvalue weighted by Gasteiger charge is -2.19. The van der Waals surface area contributed by atoms with Gasteiger partial charge in [-0.3, -0.25) is 19.2 Å². The number of nitrogens with one attached hydrogen (secondary N) is 2. The summed E-state index contributed by atoms with van der Waals surface area (Å²) < 4.78 is 11.1. The van der Waals surface area contributed by atoms with Crippen LogP contribution in [0.4, 0.5) is 17.1 Å². The Kier molecular flexibility index (Phi) is 8.52. The maximum atomic E-state index is 12.6. The van der Waals surface area contributed by atoms with Crippen LogP contribution in [0.1, 0.15) is 39.7 Å². The predicted octanol–water partition coefficient (Wildman–Crippen LogP) is 5.27. The number of anilines is 3. The Labute approximate surface area is 233 Å². The molecule has 1 atom stereocenters. The Hall–Kier alpha value is -4.66. The van der Waals surface area contributed by atoms with E-state index in [0.717, 1.165) is 0 Å². The molecule has 1 heterocycles. The average Bonchev–Trinajstić information content (AvgIpc) is 3.30. The van der Waals surface area contributed by atoms with E-state index in [2.05, 4.69) is 31.4 Å². The van der Waals surface area contributed by atoms with Gasteiger partial charge in [0.2, 0.25) is 11.8 Å². The summed E-state index contributed by atoms with van der Waals surface area (Å²) in [6, 6.07) is 21.6. The van der Waals surface area contributed by atoms with Crippen molar-refractivity contribution in [3.8, 4) is 11.5 Å². The van der Waals surface area contributed by atoms with Gasteiger partial charge in [0.05, 0.1) is 5.92 Å². The summed E-state index contributed by atoms with van der Waals surface area (Å²) >= 11 is 0. The van der Waals surface area contributed by atoms with Gasteiger partial charge >= 0.3 is 5.97 Å². The van der Waals surface area contributed by atoms with Crippen LogP contribution in [0.15, 0.2) is 72.8 Å². The van der Waals surface area contributed by atoms with Crippen LogP contribution in [0.5, 0.6) is 11.5 Å². The number of ether oxygens (including phenoxy) is 2. The molecule has 9 nitrogen and oxygen atoms in total. The summed E-state index contributed by atoms with van der Waals surface area (Å²) in [6.45, 7) is 7.56. The second-order valence-corrected chi connectivity index (χ2v) is 10.7. The number of benzene rings is 3. The monoisotopic (exact) mass is 543 g/mol. The molecule has 9 heteroatoms. The van der Waals surface area contributed by atoms with Crippen molar-refractivity contribution >= 4 is 40.8 Å². The normalized spacial score (nSPS) is 14.9. The van der Waals surface area contributed by atoms with Gasteiger partial charge in [-0.1, -0.05) is 32.9 Å². The van der Waals surface area contributed by atoms with Crippen LogP contribution < -0.4 is 20.3 Å². The highest BCUT2D eigenvalue weighted by Gasteiger charge is 2.36. The van der Waals surface area contributed by atoms with Crippen molar-refractivity contribution in [1.82, 2.24) is 0 Å². The number of nitrogens with zero attached hydrogens (tertiary/aromatic N) is 1. The lowest BCUT2D eigenvalue weighted by Crippen LogP contribution is -2.28. The first-order valence-electron chi connectivity index (χ1n) is 13.0. The number of rotatable bonds is 8. The first-order valence-corrected chi connectivity index (χ1v) is 13.0. The van der Waals surface area contributed by atoms with E-state index in [0.29, 0.717) is 28.6 Å². The van der Waals surface area contributed by atoms with Crippen molar-refractivity contribution in [2.45, 2.75) is 39.5 Å². The smallest absolute Gasteiger partial charge is 0.311 e. The van der Waals surface area contributed by atoms with E-state index in [1.165, 1.54) is 17.4 Å². The van der Waals surface area contributed by atoms with Crippen molar-refractivity contribution in [2.75, 3.05) is 28.7 Å². The Balaban J connectivity index is 1.26. The SMILES string of the molecule is CC(=O)Nc1ccc(NC(=O)COC(=O)[C@@H]2CC(=O)N(c3ccc(Oc4ccc(C(C)(C)C)cc4)cc3)C2)cc1. The van der Waals surface area contributed by atoms with Gasteiger partial charge in [0.25, 0.3) is 5.91 Å². The van der Waals surface area contributed by atoms with Crippen LogP contribution >= 0.6 is 0 Å². The number of hydrogen-bond acceptors (Lipinski definition) is 6. The molecular weight excluding hydrogens is 510 g/mol. The van der Waals surface area contributed by atoms with Crippen LogP contribution in [-0.2, 0) is 29.3 Å². The van der Waals surface area contributed by atoms with Crippen LogP contribution in [-0.4, -0.2) is 36.8 Å². The molecule has 3 aromatic rings. The van der Waals surface area contributed by atoms with E-state index in [1.807, 2.05) is 24.3 Å². The molecule has 0 spiro atoms. The molecule has 4 rings (SSSR count). The fraction of sp³-hybridized carbons (Fsp3) is 0.290. The second-order valence-electron chi connectivity index (χ2n) is 10.7. The van der Waals surface area contributed by atoms with Crippen molar-refractivity contribution in [2.24, 2.45) is 5.92 Å². The van der Waals surface area contributed by atoms with E-state index in [9.17, 15) is 19.2 Å². The van der Waals surface area contributed by atoms with Crippen molar-refractivity contribution < 1.29 is 28.7 Å². The summed E-state index contributed by atoms with van der Waals surface area (Å²) in [5, 5.41) is 5.26. The summed E-state index contributed by atoms with van der Waals surface area (Å²) in [7, 11) is 0. The molecule has 208 valence electrons. The zero-order valence-corrected chi connectivity index (χ0v) is 23.0. The molecule has 0 aliphatic carbocycles. The fourth-order valence-corrected chi connectivity index (χ4v) is 4.26. The van der Waals surface area contributed by atoms with Crippen molar-refractivity contribution in [3.63, 3.8) is 0 Å². The predicted molar refractivity (Wildman–Crippen MR) is 152 cm³/mol. The first kappa shape index (κ1) is 28.4. The topological polar surface area (TPSA) is 114 Å². The number of hydrogen-bond donors (Lipinski definition) is 2. The van der Waals surface area contributed by atoms with Crippen LogP contribution in [0.3, 0.4) is 0 Å². The summed E-state index contributed by atoms with van der Waals surface area (Å²) in [5.74, 6) is -0.836. The number of amides is 3. The zero-order chi connectivity index (χ0) is 28.9. The third-order valence-electron chi connectivity index (χ3n) is 6.40. The van der Waals surface area contributed by atoms with E-state index in [1.54, 1.807) is 48.5 Å². The summed E-state index contributed by atoms with van der Waals surface area (Å²) in [6.07, 6.45) is 0.00341. The maximum absolute atomic E-state index is 12.6. The van der Waals surface area contributed by atoms with E-state index in [4.69, 9.17) is 9.47 Å². The Morgan fingerprint density at radius 3 is 1.95 bits per heavy atom. The molecule has 0 saturated carbocycles. The number of carbonyl (C=O) groups excluding carboxylic acids is 4. The molecule has 0 unspecified atom stereocenters. The third-order valence-corrected chi connectivity index (χ3v) is 6.40. The first-order chi connectivity index (χ1) is 19.0. The summed E-state index contributed by atoms with van der Waals surface area (Å²) in [4.78, 5) is 50.1. The molecule has 1 aliphatic heterocycles. The van der Waals surface area contributed by atoms with Crippen LogP contribution in [0.2, 0.25) is 0 Å². The molecular formula is C31H33N3O6. The second kappa shape index (κ2) is 12.0. The Morgan fingerprint density at radius 2 is 1.40 bits per heavy atom. The van der Waals surface area contributed by atoms with Gasteiger partial charge in [-0.15, -0.1) is 0 Å². The van der Waals surface area contributed by atoms with Gasteiger partial charge in [0.1, 0.15) is 11.5 Å². The van der Waals surface area contributed by atoms with Gasteiger partial charge in [-0.05, 0) is 71.6 Å². The minimum Gasteiger partial charge on any atom is -0.457 e. The van der Waals surface area contributed by atoms with E-state index in [-0.39, 0.29) is 30.2 Å². The standard InChI is InChI=1S/C31H33N3O6/c1-20(35)32-23-7-9-24(10-8-23)33-28(36)19-39-30(38)21-17-29(37)34(18-21)25-11-15-27(16-12-25)40-26-13-5-22(6-14-26)31(2,3)4/h5-16,21H,17-19H2,1-4H3,(H,32,35)(H,33,36)/t21-/m1/s1. The van der Waals surface area contributed by atoms with E-state index < -0.39 is 24.4 Å². The van der Waals surface area contributed by atoms with E-state index >= 15 is 0 Å². The third kappa shape index (κ3) is 7.47. The minimum absolute atomic E-state index is 0.00341. The average molecular weight is 544 g/mol. The van der Waals surface area contributed by atoms with Gasteiger partial charge in [-0.25, -0.2) is 0 Å². The van der Waals surface area contributed by atoms with Crippen LogP contribution in [0.25, 0.3) is 0 Å². The number of esters is 1. The highest BCUT2D eigenvalue weighted by molar-refractivity contribution is 6.00. The molecule has 1 fully saturated rings. The van der Waals surface area contributed by atoms with Gasteiger partial charge < -0.3 is 25.0 Å². The maximum Gasteiger partial charge on any atom is 0.311 e. The minimum atomic E-state index is -0.672. The highest BCUT2D eigenvalue weighted by atomic mass is 16.5. The largest absolute Gasteiger partial charge is 0.457 e. The van der Waals surface area contributed by atoms with Crippen molar-refractivity contribution in [3.05, 3.63) is 78.4 Å². The lowest BCUT2D eigenvalue weighted by molar-refractivity contribution is -0.151. The quantitative estimate of drug-likeness (QED) is 0.374. The fourth-order valence-electron chi connectivity index (χ4n) is 4.26. The molecule has 0 bridgehead atoms. The van der Waals surface area contributed by atoms with Crippen molar-refractivity contribution in [1.29, 1.82) is 0 Å². The molecule has 1 saturated heterocycles.